The molecule has 0 saturated heterocycles. The van der Waals surface area contributed by atoms with E-state index in [2.05, 4.69) is 212 Å². The smallest absolute Gasteiger partial charge is 0.133 e. The minimum Gasteiger partial charge on any atom is -0.354 e. The zero-order valence-electron chi connectivity index (χ0n) is 31.3. The van der Waals surface area contributed by atoms with Crippen LogP contribution in [0.3, 0.4) is 0 Å². The minimum atomic E-state index is 0. The third kappa shape index (κ3) is 8.64. The first-order valence-corrected chi connectivity index (χ1v) is 22.5. The average Bonchev–Trinajstić information content (AvgIpc) is 4.08. The van der Waals surface area contributed by atoms with Gasteiger partial charge in [0, 0.05) is 82.4 Å². The molecule has 0 unspecified atom stereocenters. The first-order chi connectivity index (χ1) is 28.4. The van der Waals surface area contributed by atoms with Crippen molar-refractivity contribution in [2.75, 3.05) is 0 Å². The molecule has 0 amide bonds. The Morgan fingerprint density at radius 3 is 1.10 bits per heavy atom. The SMILES string of the molecule is N#CSCc1cccc(-c2c3nc(c(-c4cccc(I)c4)c4ccc([nH]4)c(-c4cccc(CSC#N)c4)c4nc(c(-c5cccc(I)c5)c5ccc2[nH]5)C=C4)C=C3)c1.[Zn]. The maximum Gasteiger partial charge on any atom is 0.133 e. The molecule has 0 aliphatic carbocycles. The van der Waals surface area contributed by atoms with E-state index in [9.17, 15) is 10.5 Å². The molecule has 2 N–H and O–H groups in total. The van der Waals surface area contributed by atoms with E-state index in [1.807, 2.05) is 0 Å². The van der Waals surface area contributed by atoms with Gasteiger partial charge in [0.05, 0.1) is 22.8 Å². The molecule has 0 saturated carbocycles. The van der Waals surface area contributed by atoms with E-state index in [-0.39, 0.29) is 19.5 Å². The fourth-order valence-corrected chi connectivity index (χ4v) is 9.48. The van der Waals surface area contributed by atoms with E-state index < -0.39 is 0 Å². The van der Waals surface area contributed by atoms with Crippen molar-refractivity contribution in [2.24, 2.45) is 0 Å². The molecule has 8 bridgehead atoms. The molecule has 3 aromatic heterocycles. The number of aromatic amines is 2. The molecule has 9 rings (SSSR count). The number of fused-ring (bicyclic) bond motifs is 8. The molecule has 0 spiro atoms. The van der Waals surface area contributed by atoms with Gasteiger partial charge in [-0.15, -0.1) is 0 Å². The van der Waals surface area contributed by atoms with Crippen LogP contribution in [0.15, 0.2) is 121 Å². The van der Waals surface area contributed by atoms with Crippen molar-refractivity contribution in [1.82, 2.24) is 19.9 Å². The Morgan fingerprint density at radius 2 is 0.780 bits per heavy atom. The summed E-state index contributed by atoms with van der Waals surface area (Å²) in [7, 11) is 0. The van der Waals surface area contributed by atoms with E-state index >= 15 is 0 Å². The van der Waals surface area contributed by atoms with Gasteiger partial charge in [-0.1, -0.05) is 72.8 Å². The summed E-state index contributed by atoms with van der Waals surface area (Å²) in [4.78, 5) is 18.5. The van der Waals surface area contributed by atoms with Crippen LogP contribution >= 0.6 is 68.7 Å². The molecular weight excluding hydrogens is 1040 g/mol. The van der Waals surface area contributed by atoms with Crippen LogP contribution in [0.1, 0.15) is 33.9 Å². The first-order valence-electron chi connectivity index (χ1n) is 18.3. The maximum atomic E-state index is 9.35. The number of benzene rings is 4. The van der Waals surface area contributed by atoms with Crippen molar-refractivity contribution in [3.05, 3.63) is 162 Å². The number of nitrogens with one attached hydrogen (secondary N) is 2. The van der Waals surface area contributed by atoms with Gasteiger partial charge in [0.1, 0.15) is 10.8 Å². The summed E-state index contributed by atoms with van der Waals surface area (Å²) in [5.41, 5.74) is 17.2. The molecule has 5 heterocycles. The second-order valence-corrected chi connectivity index (χ2v) is 17.7. The molecule has 6 nitrogen and oxygen atoms in total. The predicted molar refractivity (Wildman–Crippen MR) is 260 cm³/mol. The molecule has 280 valence electrons. The Bertz CT molecular complexity index is 2890. The van der Waals surface area contributed by atoms with Gasteiger partial charge < -0.3 is 9.97 Å². The molecule has 59 heavy (non-hydrogen) atoms. The van der Waals surface area contributed by atoms with Crippen LogP contribution in [0.4, 0.5) is 0 Å². The number of thiocyanates is 2. The van der Waals surface area contributed by atoms with Crippen molar-refractivity contribution in [3.8, 4) is 55.3 Å². The van der Waals surface area contributed by atoms with Crippen LogP contribution < -0.4 is 0 Å². The van der Waals surface area contributed by atoms with Crippen molar-refractivity contribution in [3.63, 3.8) is 0 Å². The molecular formula is C48H30I2N6S2Zn. The fourth-order valence-electron chi connectivity index (χ4n) is 7.57. The minimum absolute atomic E-state index is 0. The average molecular weight is 1070 g/mol. The molecule has 2 aliphatic rings. The van der Waals surface area contributed by atoms with Crippen LogP contribution in [0.25, 0.3) is 90.9 Å². The van der Waals surface area contributed by atoms with Gasteiger partial charge >= 0.3 is 0 Å². The number of halogens is 2. The Labute approximate surface area is 390 Å². The van der Waals surface area contributed by atoms with E-state index in [0.717, 1.165) is 108 Å². The molecule has 4 aromatic carbocycles. The quantitative estimate of drug-likeness (QED) is 0.0892. The Hall–Kier alpha value is -4.76. The normalized spacial score (nSPS) is 11.5. The van der Waals surface area contributed by atoms with Crippen molar-refractivity contribution in [2.45, 2.75) is 11.5 Å². The largest absolute Gasteiger partial charge is 0.354 e. The third-order valence-corrected chi connectivity index (χ3v) is 12.6. The molecule has 7 aromatic rings. The van der Waals surface area contributed by atoms with Gasteiger partial charge in [-0.3, -0.25) is 0 Å². The van der Waals surface area contributed by atoms with Gasteiger partial charge in [0.2, 0.25) is 0 Å². The van der Waals surface area contributed by atoms with E-state index in [1.54, 1.807) is 0 Å². The van der Waals surface area contributed by atoms with Crippen LogP contribution in [-0.4, -0.2) is 19.9 Å². The van der Waals surface area contributed by atoms with Gasteiger partial charge in [-0.05, 0) is 175 Å². The number of nitriles is 2. The molecule has 0 fully saturated rings. The molecule has 11 heteroatoms. The summed E-state index contributed by atoms with van der Waals surface area (Å²) in [6.07, 6.45) is 8.43. The first kappa shape index (κ1) is 41.0. The van der Waals surface area contributed by atoms with Crippen molar-refractivity contribution >= 4 is 115 Å². The predicted octanol–water partition coefficient (Wildman–Crippen LogP) is 14.0. The zero-order valence-corrected chi connectivity index (χ0v) is 40.3. The second kappa shape index (κ2) is 18.2. The number of rotatable bonds is 8. The summed E-state index contributed by atoms with van der Waals surface area (Å²) in [6, 6.07) is 42.3. The topological polar surface area (TPSA) is 105 Å². The van der Waals surface area contributed by atoms with Crippen LogP contribution in [0, 0.1) is 28.5 Å². The Morgan fingerprint density at radius 1 is 0.458 bits per heavy atom. The number of nitrogens with zero attached hydrogens (tertiary/aromatic N) is 4. The third-order valence-electron chi connectivity index (χ3n) is 10.0. The summed E-state index contributed by atoms with van der Waals surface area (Å²) in [5.74, 6) is 1.18. The number of hydrogen-bond donors (Lipinski definition) is 2. The van der Waals surface area contributed by atoms with E-state index in [0.29, 0.717) is 11.5 Å². The standard InChI is InChI=1S/C48H30I2N6S2.Zn/c49-35-11-3-9-33(23-35)47-41-17-13-37(53-41)45(31-7-1-5-29(21-31)25-57-27-51)38-14-18-42(54-38)48(34-10-4-12-36(50)24-34)44-20-16-40(56-44)46(39-15-19-43(47)55-39)32-8-2-6-30(22-32)26-58-28-52;/h1-24,53,56H,25-26H2;. The molecule has 0 atom stereocenters. The second-order valence-electron chi connectivity index (χ2n) is 13.7. The Balaban J connectivity index is 0.00000484. The summed E-state index contributed by atoms with van der Waals surface area (Å²) < 4.78 is 2.25. The monoisotopic (exact) mass is 1070 g/mol. The molecule has 0 radical (unpaired) electrons. The van der Waals surface area contributed by atoms with Gasteiger partial charge in [-0.25, -0.2) is 9.97 Å². The number of H-pyrrole nitrogens is 2. The summed E-state index contributed by atoms with van der Waals surface area (Å²) >= 11 is 7.20. The Kier molecular flexibility index (Phi) is 12.7. The van der Waals surface area contributed by atoms with Crippen LogP contribution in [-0.2, 0) is 31.0 Å². The molecule has 2 aliphatic heterocycles. The van der Waals surface area contributed by atoms with E-state index in [1.165, 1.54) is 23.5 Å². The number of thioether (sulfide) groups is 2. The fraction of sp³-hybridized carbons (Fsp3) is 0.0417. The van der Waals surface area contributed by atoms with E-state index in [4.69, 9.17) is 9.97 Å². The maximum absolute atomic E-state index is 9.35. The van der Waals surface area contributed by atoms with Crippen LogP contribution in [0.2, 0.25) is 0 Å². The summed E-state index contributed by atoms with van der Waals surface area (Å²) in [5, 5.41) is 23.1. The van der Waals surface area contributed by atoms with Crippen LogP contribution in [0.5, 0.6) is 0 Å². The van der Waals surface area contributed by atoms with Gasteiger partial charge in [0.15, 0.2) is 0 Å². The number of hydrogen-bond acceptors (Lipinski definition) is 6. The van der Waals surface area contributed by atoms with Gasteiger partial charge in [0.25, 0.3) is 0 Å². The van der Waals surface area contributed by atoms with Crippen molar-refractivity contribution in [1.29, 1.82) is 10.5 Å². The summed E-state index contributed by atoms with van der Waals surface area (Å²) in [6.45, 7) is 0. The number of aromatic nitrogens is 4. The van der Waals surface area contributed by atoms with Crippen molar-refractivity contribution < 1.29 is 19.5 Å². The zero-order chi connectivity index (χ0) is 39.6. The van der Waals surface area contributed by atoms with Gasteiger partial charge in [-0.2, -0.15) is 10.5 Å².